The van der Waals surface area contributed by atoms with Gasteiger partial charge in [-0.3, -0.25) is 0 Å². The lowest BCUT2D eigenvalue weighted by atomic mass is 9.77. The fourth-order valence-corrected chi connectivity index (χ4v) is 2.62. The minimum atomic E-state index is 0. The van der Waals surface area contributed by atoms with Crippen LogP contribution in [-0.2, 0) is 6.61 Å². The van der Waals surface area contributed by atoms with Crippen LogP contribution in [0.1, 0.15) is 36.4 Å². The summed E-state index contributed by atoms with van der Waals surface area (Å²) in [5.41, 5.74) is 8.70. The zero-order valence-electron chi connectivity index (χ0n) is 12.1. The molecule has 3 heteroatoms. The van der Waals surface area contributed by atoms with Crippen LogP contribution in [0.3, 0.4) is 0 Å². The van der Waals surface area contributed by atoms with Crippen molar-refractivity contribution in [1.82, 2.24) is 0 Å². The van der Waals surface area contributed by atoms with E-state index in [0.29, 0.717) is 12.5 Å². The number of benzene rings is 2. The second kappa shape index (κ2) is 7.48. The van der Waals surface area contributed by atoms with Gasteiger partial charge < -0.3 is 10.5 Å². The van der Waals surface area contributed by atoms with Gasteiger partial charge in [-0.15, -0.1) is 12.4 Å². The lowest BCUT2D eigenvalue weighted by molar-refractivity contribution is 0.263. The van der Waals surface area contributed by atoms with E-state index >= 15 is 0 Å². The van der Waals surface area contributed by atoms with Gasteiger partial charge >= 0.3 is 0 Å². The molecule has 112 valence electrons. The van der Waals surface area contributed by atoms with E-state index in [1.54, 1.807) is 0 Å². The van der Waals surface area contributed by atoms with E-state index in [9.17, 15) is 0 Å². The van der Waals surface area contributed by atoms with Gasteiger partial charge in [-0.25, -0.2) is 0 Å². The molecule has 0 aromatic heterocycles. The minimum absolute atomic E-state index is 0. The Labute approximate surface area is 132 Å². The summed E-state index contributed by atoms with van der Waals surface area (Å²) in [5, 5.41) is 0. The molecule has 0 saturated heterocycles. The average Bonchev–Trinajstić information content (AvgIpc) is 2.45. The maximum Gasteiger partial charge on any atom is 0.120 e. The smallest absolute Gasteiger partial charge is 0.120 e. The molecule has 0 radical (unpaired) electrons. The Kier molecular flexibility index (Phi) is 5.66. The lowest BCUT2D eigenvalue weighted by Crippen LogP contribution is -2.26. The Balaban J connectivity index is 0.00000161. The molecule has 2 N–H and O–H groups in total. The van der Waals surface area contributed by atoms with Crippen LogP contribution in [0.5, 0.6) is 5.75 Å². The van der Waals surface area contributed by atoms with E-state index in [1.807, 2.05) is 30.3 Å². The molecule has 0 bridgehead atoms. The lowest BCUT2D eigenvalue weighted by Gasteiger charge is -2.31. The van der Waals surface area contributed by atoms with Crippen molar-refractivity contribution in [2.45, 2.75) is 31.9 Å². The third kappa shape index (κ3) is 3.99. The van der Waals surface area contributed by atoms with Crippen molar-refractivity contribution in [2.24, 2.45) is 11.7 Å². The Morgan fingerprint density at radius 3 is 2.48 bits per heavy atom. The molecule has 0 spiro atoms. The molecular weight excluding hydrogens is 282 g/mol. The molecule has 0 aliphatic heterocycles. The predicted octanol–water partition coefficient (Wildman–Crippen LogP) is 4.49. The van der Waals surface area contributed by atoms with Crippen molar-refractivity contribution >= 4 is 12.4 Å². The predicted molar refractivity (Wildman–Crippen MR) is 88.7 cm³/mol. The Bertz CT molecular complexity index is 554. The van der Waals surface area contributed by atoms with Gasteiger partial charge in [0.05, 0.1) is 0 Å². The number of ether oxygens (including phenoxy) is 1. The molecule has 2 aromatic rings. The van der Waals surface area contributed by atoms with E-state index in [-0.39, 0.29) is 18.4 Å². The number of hydrogen-bond acceptors (Lipinski definition) is 2. The first-order valence-corrected chi connectivity index (χ1v) is 7.35. The van der Waals surface area contributed by atoms with Gasteiger partial charge in [-0.05, 0) is 42.0 Å². The number of nitrogens with two attached hydrogens (primary N) is 1. The van der Waals surface area contributed by atoms with Crippen LogP contribution < -0.4 is 10.5 Å². The zero-order chi connectivity index (χ0) is 13.8. The van der Waals surface area contributed by atoms with Crippen LogP contribution >= 0.6 is 12.4 Å². The van der Waals surface area contributed by atoms with Gasteiger partial charge in [-0.1, -0.05) is 48.9 Å². The van der Waals surface area contributed by atoms with Gasteiger partial charge in [0.25, 0.3) is 0 Å². The summed E-state index contributed by atoms with van der Waals surface area (Å²) < 4.78 is 5.86. The maximum atomic E-state index is 6.32. The molecule has 3 rings (SSSR count). The summed E-state index contributed by atoms with van der Waals surface area (Å²) in [7, 11) is 0. The van der Waals surface area contributed by atoms with Crippen molar-refractivity contribution in [1.29, 1.82) is 0 Å². The van der Waals surface area contributed by atoms with Crippen LogP contribution in [0.2, 0.25) is 0 Å². The van der Waals surface area contributed by atoms with Crippen LogP contribution in [0.25, 0.3) is 0 Å². The molecule has 1 saturated carbocycles. The normalized spacial score (nSPS) is 15.7. The van der Waals surface area contributed by atoms with E-state index in [2.05, 4.69) is 24.3 Å². The van der Waals surface area contributed by atoms with Crippen LogP contribution in [-0.4, -0.2) is 0 Å². The first-order valence-electron chi connectivity index (χ1n) is 7.35. The molecule has 1 aliphatic carbocycles. The standard InChI is InChI=1S/C18H21NO.ClH/c19-18(15-8-4-9-15)16-10-5-11-17(12-16)20-13-14-6-2-1-3-7-14;/h1-3,5-7,10-12,15,18H,4,8-9,13,19H2;1H/t18-;/m1./s1. The van der Waals surface area contributed by atoms with Gasteiger partial charge in [0.1, 0.15) is 12.4 Å². The zero-order valence-corrected chi connectivity index (χ0v) is 12.9. The van der Waals surface area contributed by atoms with Gasteiger partial charge in [-0.2, -0.15) is 0 Å². The highest BCUT2D eigenvalue weighted by molar-refractivity contribution is 5.85. The fraction of sp³-hybridized carbons (Fsp3) is 0.333. The monoisotopic (exact) mass is 303 g/mol. The molecule has 21 heavy (non-hydrogen) atoms. The minimum Gasteiger partial charge on any atom is -0.489 e. The van der Waals surface area contributed by atoms with Crippen LogP contribution in [0, 0.1) is 5.92 Å². The summed E-state index contributed by atoms with van der Waals surface area (Å²) >= 11 is 0. The maximum absolute atomic E-state index is 6.32. The highest BCUT2D eigenvalue weighted by Crippen LogP contribution is 2.36. The molecule has 2 aromatic carbocycles. The van der Waals surface area contributed by atoms with E-state index in [1.165, 1.54) is 30.4 Å². The molecule has 2 nitrogen and oxygen atoms in total. The SMILES string of the molecule is Cl.N[C@@H](c1cccc(OCc2ccccc2)c1)C1CCC1. The van der Waals surface area contributed by atoms with Gasteiger partial charge in [0, 0.05) is 6.04 Å². The third-order valence-electron chi connectivity index (χ3n) is 4.15. The van der Waals surface area contributed by atoms with E-state index in [4.69, 9.17) is 10.5 Å². The van der Waals surface area contributed by atoms with Crippen LogP contribution in [0.15, 0.2) is 54.6 Å². The van der Waals surface area contributed by atoms with Crippen molar-refractivity contribution in [3.8, 4) is 5.75 Å². The van der Waals surface area contributed by atoms with Crippen molar-refractivity contribution in [2.75, 3.05) is 0 Å². The summed E-state index contributed by atoms with van der Waals surface area (Å²) in [5.74, 6) is 1.56. The average molecular weight is 304 g/mol. The molecule has 0 unspecified atom stereocenters. The number of hydrogen-bond donors (Lipinski definition) is 1. The Morgan fingerprint density at radius 2 is 1.81 bits per heavy atom. The Morgan fingerprint density at radius 1 is 1.05 bits per heavy atom. The van der Waals surface area contributed by atoms with E-state index < -0.39 is 0 Å². The fourth-order valence-electron chi connectivity index (χ4n) is 2.62. The molecule has 1 atom stereocenters. The number of rotatable bonds is 5. The molecule has 0 amide bonds. The molecule has 1 aliphatic rings. The second-order valence-electron chi connectivity index (χ2n) is 5.56. The third-order valence-corrected chi connectivity index (χ3v) is 4.15. The summed E-state index contributed by atoms with van der Waals surface area (Å²) in [6.07, 6.45) is 3.84. The highest BCUT2D eigenvalue weighted by Gasteiger charge is 2.25. The van der Waals surface area contributed by atoms with Crippen molar-refractivity contribution in [3.05, 3.63) is 65.7 Å². The molecule has 1 fully saturated rings. The second-order valence-corrected chi connectivity index (χ2v) is 5.56. The quantitative estimate of drug-likeness (QED) is 0.883. The van der Waals surface area contributed by atoms with E-state index in [0.717, 1.165) is 5.75 Å². The summed E-state index contributed by atoms with van der Waals surface area (Å²) in [6, 6.07) is 18.6. The first kappa shape index (κ1) is 15.9. The Hall–Kier alpha value is -1.51. The topological polar surface area (TPSA) is 35.2 Å². The highest BCUT2D eigenvalue weighted by atomic mass is 35.5. The van der Waals surface area contributed by atoms with Gasteiger partial charge in [0.15, 0.2) is 0 Å². The first-order chi connectivity index (χ1) is 9.83. The van der Waals surface area contributed by atoms with Gasteiger partial charge in [0.2, 0.25) is 0 Å². The van der Waals surface area contributed by atoms with Crippen LogP contribution in [0.4, 0.5) is 0 Å². The van der Waals surface area contributed by atoms with Crippen molar-refractivity contribution < 1.29 is 4.74 Å². The summed E-state index contributed by atoms with van der Waals surface area (Å²) in [4.78, 5) is 0. The molecule has 0 heterocycles. The largest absolute Gasteiger partial charge is 0.489 e. The number of halogens is 1. The van der Waals surface area contributed by atoms with Crippen molar-refractivity contribution in [3.63, 3.8) is 0 Å². The molecular formula is C18H22ClNO. The summed E-state index contributed by atoms with van der Waals surface area (Å²) in [6.45, 7) is 0.600.